The normalized spacial score (nSPS) is 23.6. The summed E-state index contributed by atoms with van der Waals surface area (Å²) >= 11 is 3.13. The number of β-amino-alcohol motifs (C(OH)–C–C–N with tert-alkyl or cyclic N) is 1. The summed E-state index contributed by atoms with van der Waals surface area (Å²) in [7, 11) is 1.33. The lowest BCUT2D eigenvalue weighted by Gasteiger charge is -2.22. The maximum Gasteiger partial charge on any atom is 0.323 e. The van der Waals surface area contributed by atoms with Gasteiger partial charge in [0.1, 0.15) is 11.9 Å². The van der Waals surface area contributed by atoms with Crippen molar-refractivity contribution in [2.24, 2.45) is 0 Å². The van der Waals surface area contributed by atoms with Crippen molar-refractivity contribution in [2.45, 2.75) is 25.1 Å². The number of methoxy groups -OCH3 is 1. The Hall–Kier alpha value is -0.980. The van der Waals surface area contributed by atoms with Gasteiger partial charge in [-0.25, -0.2) is 4.39 Å². The maximum absolute atomic E-state index is 13.2. The van der Waals surface area contributed by atoms with Crippen molar-refractivity contribution >= 4 is 21.9 Å². The lowest BCUT2D eigenvalue weighted by molar-refractivity contribution is -0.146. The van der Waals surface area contributed by atoms with Crippen LogP contribution in [0.25, 0.3) is 0 Å². The molecule has 1 aromatic rings. The number of hydrogen-bond acceptors (Lipinski definition) is 4. The minimum Gasteiger partial charge on any atom is -0.468 e. The smallest absolute Gasteiger partial charge is 0.323 e. The number of likely N-dealkylation sites (tertiary alicyclic amines) is 1. The van der Waals surface area contributed by atoms with E-state index >= 15 is 0 Å². The minimum atomic E-state index is -0.534. The Kier molecular flexibility index (Phi) is 4.54. The number of nitrogens with zero attached hydrogens (tertiary/aromatic N) is 1. The van der Waals surface area contributed by atoms with E-state index in [4.69, 9.17) is 4.74 Å². The Bertz CT molecular complexity index is 483. The van der Waals surface area contributed by atoms with Gasteiger partial charge in [-0.1, -0.05) is 6.07 Å². The summed E-state index contributed by atoms with van der Waals surface area (Å²) in [5, 5.41) is 9.67. The fraction of sp³-hybridized carbons (Fsp3) is 0.462. The highest BCUT2D eigenvalue weighted by Gasteiger charge is 2.36. The first-order valence-corrected chi connectivity index (χ1v) is 6.74. The summed E-state index contributed by atoms with van der Waals surface area (Å²) < 4.78 is 18.3. The molecule has 4 nitrogen and oxygen atoms in total. The van der Waals surface area contributed by atoms with Crippen LogP contribution in [0.5, 0.6) is 0 Å². The Balaban J connectivity index is 2.12. The molecular formula is C13H15BrFNO3. The van der Waals surface area contributed by atoms with Crippen LogP contribution in [-0.4, -0.2) is 41.8 Å². The second-order valence-electron chi connectivity index (χ2n) is 4.61. The summed E-state index contributed by atoms with van der Waals surface area (Å²) in [6, 6.07) is 4.27. The fourth-order valence-corrected chi connectivity index (χ4v) is 2.73. The number of carbonyl (C=O) groups excluding carboxylic acids is 1. The zero-order valence-electron chi connectivity index (χ0n) is 10.5. The number of aliphatic hydroxyl groups is 1. The summed E-state index contributed by atoms with van der Waals surface area (Å²) in [6.45, 7) is 0.879. The first-order valence-electron chi connectivity index (χ1n) is 5.95. The van der Waals surface area contributed by atoms with Crippen LogP contribution in [0.4, 0.5) is 4.39 Å². The Morgan fingerprint density at radius 3 is 3.00 bits per heavy atom. The zero-order chi connectivity index (χ0) is 14.0. The predicted octanol–water partition coefficient (Wildman–Crippen LogP) is 1.70. The monoisotopic (exact) mass is 331 g/mol. The van der Waals surface area contributed by atoms with Crippen LogP contribution in [-0.2, 0) is 16.1 Å². The lowest BCUT2D eigenvalue weighted by atomic mass is 10.1. The predicted molar refractivity (Wildman–Crippen MR) is 70.9 cm³/mol. The molecule has 1 aromatic carbocycles. The van der Waals surface area contributed by atoms with Crippen LogP contribution in [0.2, 0.25) is 0 Å². The van der Waals surface area contributed by atoms with Crippen molar-refractivity contribution in [1.29, 1.82) is 0 Å². The van der Waals surface area contributed by atoms with Crippen molar-refractivity contribution in [3.63, 3.8) is 0 Å². The van der Waals surface area contributed by atoms with E-state index < -0.39 is 12.1 Å². The molecule has 1 N–H and O–H groups in total. The quantitative estimate of drug-likeness (QED) is 0.856. The van der Waals surface area contributed by atoms with Crippen molar-refractivity contribution < 1.29 is 19.0 Å². The number of carbonyl (C=O) groups is 1. The molecule has 2 rings (SSSR count). The van der Waals surface area contributed by atoms with Crippen LogP contribution in [0, 0.1) is 5.82 Å². The molecule has 1 saturated heterocycles. The summed E-state index contributed by atoms with van der Waals surface area (Å²) in [6.07, 6.45) is -0.164. The molecule has 0 saturated carbocycles. The number of hydrogen-bond donors (Lipinski definition) is 1. The molecule has 0 bridgehead atoms. The maximum atomic E-state index is 13.2. The molecule has 19 heavy (non-hydrogen) atoms. The third-order valence-corrected chi connectivity index (χ3v) is 3.83. The molecule has 1 aliphatic rings. The highest BCUT2D eigenvalue weighted by molar-refractivity contribution is 9.10. The average molecular weight is 332 g/mol. The van der Waals surface area contributed by atoms with Crippen LogP contribution >= 0.6 is 15.9 Å². The minimum absolute atomic E-state index is 0.324. The largest absolute Gasteiger partial charge is 0.468 e. The second-order valence-corrected chi connectivity index (χ2v) is 5.46. The van der Waals surface area contributed by atoms with E-state index in [1.54, 1.807) is 12.1 Å². The van der Waals surface area contributed by atoms with Gasteiger partial charge in [0.2, 0.25) is 0 Å². The number of ether oxygens (including phenoxy) is 1. The Labute approximate surface area is 119 Å². The molecule has 0 spiro atoms. The Morgan fingerprint density at radius 2 is 2.37 bits per heavy atom. The van der Waals surface area contributed by atoms with Crippen LogP contribution in [0.3, 0.4) is 0 Å². The average Bonchev–Trinajstić information content (AvgIpc) is 2.74. The highest BCUT2D eigenvalue weighted by Crippen LogP contribution is 2.23. The van der Waals surface area contributed by atoms with Gasteiger partial charge in [0.15, 0.2) is 0 Å². The van der Waals surface area contributed by atoms with Crippen LogP contribution in [0.15, 0.2) is 22.7 Å². The lowest BCUT2D eigenvalue weighted by Crippen LogP contribution is -2.36. The molecule has 0 aliphatic carbocycles. The molecule has 2 unspecified atom stereocenters. The third kappa shape index (κ3) is 3.32. The van der Waals surface area contributed by atoms with Gasteiger partial charge < -0.3 is 9.84 Å². The van der Waals surface area contributed by atoms with E-state index in [1.807, 2.05) is 4.90 Å². The molecule has 0 aromatic heterocycles. The standard InChI is InChI=1S/C13H15BrFNO3/c1-19-13(18)12-5-9(17)7-16(12)6-8-2-3-11(15)10(14)4-8/h2-4,9,12,17H,5-7H2,1H3. The summed E-state index contributed by atoms with van der Waals surface area (Å²) in [4.78, 5) is 13.5. The van der Waals surface area contributed by atoms with E-state index in [1.165, 1.54) is 13.2 Å². The van der Waals surface area contributed by atoms with Gasteiger partial charge in [-0.15, -0.1) is 0 Å². The molecule has 6 heteroatoms. The van der Waals surface area contributed by atoms with E-state index in [0.29, 0.717) is 24.0 Å². The van der Waals surface area contributed by atoms with Crippen molar-refractivity contribution in [3.8, 4) is 0 Å². The number of rotatable bonds is 3. The summed E-state index contributed by atoms with van der Waals surface area (Å²) in [5.74, 6) is -0.674. The molecule has 104 valence electrons. The van der Waals surface area contributed by atoms with Gasteiger partial charge in [-0.3, -0.25) is 9.69 Å². The van der Waals surface area contributed by atoms with Gasteiger partial charge >= 0.3 is 5.97 Å². The topological polar surface area (TPSA) is 49.8 Å². The molecule has 1 aliphatic heterocycles. The number of aliphatic hydroxyl groups excluding tert-OH is 1. The first kappa shape index (κ1) is 14.4. The molecule has 1 heterocycles. The van der Waals surface area contributed by atoms with Gasteiger partial charge in [0, 0.05) is 19.5 Å². The van der Waals surface area contributed by atoms with Crippen LogP contribution < -0.4 is 0 Å². The molecular weight excluding hydrogens is 317 g/mol. The molecule has 0 amide bonds. The van der Waals surface area contributed by atoms with Gasteiger partial charge in [-0.05, 0) is 33.6 Å². The second kappa shape index (κ2) is 5.98. The molecule has 1 fully saturated rings. The third-order valence-electron chi connectivity index (χ3n) is 3.22. The van der Waals surface area contributed by atoms with Gasteiger partial charge in [0.25, 0.3) is 0 Å². The van der Waals surface area contributed by atoms with Gasteiger partial charge in [-0.2, -0.15) is 0 Å². The van der Waals surface area contributed by atoms with E-state index in [-0.39, 0.29) is 11.8 Å². The zero-order valence-corrected chi connectivity index (χ0v) is 12.1. The van der Waals surface area contributed by atoms with Crippen LogP contribution in [0.1, 0.15) is 12.0 Å². The van der Waals surface area contributed by atoms with Crippen molar-refractivity contribution in [3.05, 3.63) is 34.1 Å². The fourth-order valence-electron chi connectivity index (χ4n) is 2.31. The molecule has 2 atom stereocenters. The van der Waals surface area contributed by atoms with E-state index in [2.05, 4.69) is 15.9 Å². The number of halogens is 2. The number of benzene rings is 1. The SMILES string of the molecule is COC(=O)C1CC(O)CN1Cc1ccc(F)c(Br)c1. The summed E-state index contributed by atoms with van der Waals surface area (Å²) in [5.41, 5.74) is 0.872. The number of esters is 1. The van der Waals surface area contributed by atoms with E-state index in [0.717, 1.165) is 5.56 Å². The van der Waals surface area contributed by atoms with Crippen molar-refractivity contribution in [2.75, 3.05) is 13.7 Å². The van der Waals surface area contributed by atoms with Crippen molar-refractivity contribution in [1.82, 2.24) is 4.90 Å². The first-order chi connectivity index (χ1) is 9.01. The highest BCUT2D eigenvalue weighted by atomic mass is 79.9. The molecule has 0 radical (unpaired) electrons. The Morgan fingerprint density at radius 1 is 1.63 bits per heavy atom. The van der Waals surface area contributed by atoms with E-state index in [9.17, 15) is 14.3 Å². The van der Waals surface area contributed by atoms with Gasteiger partial charge in [0.05, 0.1) is 17.7 Å².